The Labute approximate surface area is 156 Å². The van der Waals surface area contributed by atoms with Crippen LogP contribution in [0.4, 0.5) is 5.69 Å². The van der Waals surface area contributed by atoms with E-state index in [9.17, 15) is 0 Å². The Kier molecular flexibility index (Phi) is 6.29. The lowest BCUT2D eigenvalue weighted by atomic mass is 10.0. The molecule has 0 aliphatic carbocycles. The third-order valence-corrected chi connectivity index (χ3v) is 4.74. The van der Waals surface area contributed by atoms with Gasteiger partial charge in [0.25, 0.3) is 0 Å². The van der Waals surface area contributed by atoms with Crippen LogP contribution in [0.25, 0.3) is 0 Å². The maximum atomic E-state index is 6.26. The Morgan fingerprint density at radius 2 is 1.73 bits per heavy atom. The molecule has 0 aliphatic rings. The monoisotopic (exact) mass is 354 g/mol. The van der Waals surface area contributed by atoms with Gasteiger partial charge < -0.3 is 4.74 Å². The maximum absolute atomic E-state index is 6.26. The van der Waals surface area contributed by atoms with Gasteiger partial charge in [-0.3, -0.25) is 10.0 Å². The number of hydrogen-bond donors (Lipinski definition) is 2. The Hall–Kier alpha value is -2.50. The van der Waals surface area contributed by atoms with Crippen molar-refractivity contribution in [3.05, 3.63) is 70.5 Å². The van der Waals surface area contributed by atoms with Gasteiger partial charge in [0, 0.05) is 12.6 Å². The number of hydrogen-bond acceptors (Lipinski definition) is 5. The maximum Gasteiger partial charge on any atom is 0.130 e. The van der Waals surface area contributed by atoms with E-state index >= 15 is 0 Å². The van der Waals surface area contributed by atoms with Crippen molar-refractivity contribution in [2.75, 3.05) is 12.1 Å². The summed E-state index contributed by atoms with van der Waals surface area (Å²) in [6, 6.07) is 10.3. The van der Waals surface area contributed by atoms with Crippen molar-refractivity contribution in [1.29, 1.82) is 0 Å². The minimum absolute atomic E-state index is 0.429. The third-order valence-electron chi connectivity index (χ3n) is 4.74. The Bertz CT molecular complexity index is 799. The second kappa shape index (κ2) is 8.25. The number of anilines is 1. The summed E-state index contributed by atoms with van der Waals surface area (Å²) in [5.74, 6) is 13.4. The van der Waals surface area contributed by atoms with E-state index in [0.29, 0.717) is 12.4 Å². The van der Waals surface area contributed by atoms with Crippen LogP contribution in [0.15, 0.2) is 42.7 Å². The van der Waals surface area contributed by atoms with Gasteiger partial charge in [-0.2, -0.15) is 0 Å². The molecule has 26 heavy (non-hydrogen) atoms. The summed E-state index contributed by atoms with van der Waals surface area (Å²) >= 11 is 0. The molecule has 2 aromatic rings. The van der Waals surface area contributed by atoms with Crippen molar-refractivity contribution in [2.24, 2.45) is 11.7 Å². The predicted molar refractivity (Wildman–Crippen MR) is 109 cm³/mol. The number of rotatable bonds is 7. The highest BCUT2D eigenvalue weighted by molar-refractivity contribution is 5.59. The lowest BCUT2D eigenvalue weighted by molar-refractivity contribution is 0.302. The first-order chi connectivity index (χ1) is 12.3. The van der Waals surface area contributed by atoms with Crippen molar-refractivity contribution in [3.8, 4) is 5.75 Å². The normalized spacial score (nSPS) is 10.6. The molecule has 0 radical (unpaired) electrons. The molecule has 0 atom stereocenters. The van der Waals surface area contributed by atoms with E-state index < -0.39 is 0 Å². The number of aryl methyl sites for hydroxylation is 4. The van der Waals surface area contributed by atoms with E-state index in [2.05, 4.69) is 52.5 Å². The van der Waals surface area contributed by atoms with Gasteiger partial charge in [-0.25, -0.2) is 11.7 Å². The summed E-state index contributed by atoms with van der Waals surface area (Å²) in [6.45, 7) is 12.8. The Morgan fingerprint density at radius 3 is 2.35 bits per heavy atom. The van der Waals surface area contributed by atoms with Crippen molar-refractivity contribution in [2.45, 2.75) is 40.7 Å². The van der Waals surface area contributed by atoms with Crippen molar-refractivity contribution >= 4 is 5.69 Å². The summed E-state index contributed by atoms with van der Waals surface area (Å²) in [6.07, 6.45) is 0.886. The predicted octanol–water partition coefficient (Wildman–Crippen LogP) is 3.71. The van der Waals surface area contributed by atoms with Gasteiger partial charge in [-0.05, 0) is 61.6 Å². The quantitative estimate of drug-likeness (QED) is 0.586. The first-order valence-corrected chi connectivity index (χ1v) is 8.79. The molecule has 0 saturated heterocycles. The number of nitrogens with zero attached hydrogens (tertiary/aromatic N) is 2. The molecule has 4 N–H and O–H groups in total. The van der Waals surface area contributed by atoms with Crippen LogP contribution in [0.5, 0.6) is 5.75 Å². The van der Waals surface area contributed by atoms with E-state index in [4.69, 9.17) is 16.4 Å². The van der Waals surface area contributed by atoms with Crippen LogP contribution in [0.2, 0.25) is 0 Å². The first kappa shape index (κ1) is 19.8. The molecule has 0 heterocycles. The molecule has 0 bridgehead atoms. The van der Waals surface area contributed by atoms with Crippen molar-refractivity contribution < 1.29 is 4.74 Å². The number of nitrogens with two attached hydrogens (primary N) is 2. The fourth-order valence-electron chi connectivity index (χ4n) is 2.89. The molecule has 0 amide bonds. The van der Waals surface area contributed by atoms with Crippen LogP contribution in [-0.4, -0.2) is 12.1 Å². The second-order valence-electron chi connectivity index (χ2n) is 6.66. The molecule has 0 unspecified atom stereocenters. The largest absolute Gasteiger partial charge is 0.489 e. The number of benzene rings is 2. The average Bonchev–Trinajstić information content (AvgIpc) is 2.61. The highest BCUT2D eigenvalue weighted by atomic mass is 16.5. The highest BCUT2D eigenvalue weighted by Crippen LogP contribution is 2.29. The van der Waals surface area contributed by atoms with E-state index in [-0.39, 0.29) is 0 Å². The molecule has 0 aliphatic heterocycles. The lowest BCUT2D eigenvalue weighted by Crippen LogP contribution is -2.41. The minimum Gasteiger partial charge on any atom is -0.489 e. The zero-order valence-electron chi connectivity index (χ0n) is 16.5. The Morgan fingerprint density at radius 1 is 1.08 bits per heavy atom. The van der Waals surface area contributed by atoms with Crippen LogP contribution in [0, 0.1) is 20.8 Å². The van der Waals surface area contributed by atoms with Crippen LogP contribution < -0.4 is 21.4 Å². The molecular weight excluding hydrogens is 324 g/mol. The van der Waals surface area contributed by atoms with Gasteiger partial charge in [0.05, 0.1) is 5.69 Å². The molecule has 0 fully saturated rings. The summed E-state index contributed by atoms with van der Waals surface area (Å²) in [7, 11) is 1.71. The number of hydrazine groups is 2. The average molecular weight is 354 g/mol. The van der Waals surface area contributed by atoms with Crippen LogP contribution in [-0.2, 0) is 13.0 Å². The molecule has 0 spiro atoms. The zero-order chi connectivity index (χ0) is 19.4. The SMILES string of the molecule is C=C(N(C)N)N(N)c1cccc(CC)c1COc1cc(C)c(C)cc1C. The Balaban J connectivity index is 2.36. The summed E-state index contributed by atoms with van der Waals surface area (Å²) < 4.78 is 6.18. The van der Waals surface area contributed by atoms with E-state index in [1.54, 1.807) is 7.05 Å². The van der Waals surface area contributed by atoms with Gasteiger partial charge >= 0.3 is 0 Å². The summed E-state index contributed by atoms with van der Waals surface area (Å²) in [5.41, 5.74) is 6.67. The molecule has 5 heteroatoms. The van der Waals surface area contributed by atoms with E-state index in [1.165, 1.54) is 26.7 Å². The molecule has 5 nitrogen and oxygen atoms in total. The second-order valence-corrected chi connectivity index (χ2v) is 6.66. The first-order valence-electron chi connectivity index (χ1n) is 8.79. The van der Waals surface area contributed by atoms with Gasteiger partial charge in [0.2, 0.25) is 0 Å². The van der Waals surface area contributed by atoms with Gasteiger partial charge in [0.1, 0.15) is 18.2 Å². The van der Waals surface area contributed by atoms with Crippen molar-refractivity contribution in [3.63, 3.8) is 0 Å². The molecule has 140 valence electrons. The zero-order valence-corrected chi connectivity index (χ0v) is 16.5. The molecule has 2 rings (SSSR count). The number of ether oxygens (including phenoxy) is 1. The fraction of sp³-hybridized carbons (Fsp3) is 0.333. The van der Waals surface area contributed by atoms with Crippen LogP contribution >= 0.6 is 0 Å². The van der Waals surface area contributed by atoms with Crippen LogP contribution in [0.3, 0.4) is 0 Å². The van der Waals surface area contributed by atoms with Crippen LogP contribution in [0.1, 0.15) is 34.7 Å². The third kappa shape index (κ3) is 4.18. The fourth-order valence-corrected chi connectivity index (χ4v) is 2.89. The summed E-state index contributed by atoms with van der Waals surface area (Å²) in [5, 5.41) is 2.90. The topological polar surface area (TPSA) is 67.8 Å². The minimum atomic E-state index is 0.429. The molecule has 0 aromatic heterocycles. The van der Waals surface area contributed by atoms with E-state index in [0.717, 1.165) is 29.0 Å². The van der Waals surface area contributed by atoms with Gasteiger partial charge in [0.15, 0.2) is 0 Å². The molecule has 0 saturated carbocycles. The lowest BCUT2D eigenvalue weighted by Gasteiger charge is -2.28. The standard InChI is InChI=1S/C21H30N4O/c1-7-18-9-8-10-20(25(23)17(5)24(6)22)19(18)13-26-21-12-15(3)14(2)11-16(21)4/h8-12H,5,7,13,22-23H2,1-4,6H3. The highest BCUT2D eigenvalue weighted by Gasteiger charge is 2.16. The van der Waals surface area contributed by atoms with E-state index in [1.807, 2.05) is 12.1 Å². The smallest absolute Gasteiger partial charge is 0.130 e. The van der Waals surface area contributed by atoms with Gasteiger partial charge in [-0.15, -0.1) is 0 Å². The molecular formula is C21H30N4O. The van der Waals surface area contributed by atoms with Gasteiger partial charge in [-0.1, -0.05) is 31.7 Å². The summed E-state index contributed by atoms with van der Waals surface area (Å²) in [4.78, 5) is 0. The van der Waals surface area contributed by atoms with Crippen molar-refractivity contribution in [1.82, 2.24) is 5.01 Å². The molecule has 2 aromatic carbocycles.